The van der Waals surface area contributed by atoms with Gasteiger partial charge >= 0.3 is 0 Å². The van der Waals surface area contributed by atoms with E-state index in [1.807, 2.05) is 0 Å². The van der Waals surface area contributed by atoms with Crippen LogP contribution >= 0.6 is 15.9 Å². The second-order valence-electron chi connectivity index (χ2n) is 5.50. The smallest absolute Gasteiger partial charge is 0.0560 e. The molecule has 0 saturated heterocycles. The van der Waals surface area contributed by atoms with Gasteiger partial charge in [-0.05, 0) is 52.9 Å². The van der Waals surface area contributed by atoms with Crippen LogP contribution in [0.1, 0.15) is 28.3 Å². The molecule has 3 rings (SSSR count). The van der Waals surface area contributed by atoms with E-state index >= 15 is 0 Å². The average molecular weight is 340 g/mol. The Balaban J connectivity index is 2.19. The van der Waals surface area contributed by atoms with Crippen LogP contribution in [0.3, 0.4) is 0 Å². The summed E-state index contributed by atoms with van der Waals surface area (Å²) in [5, 5.41) is 2.47. The molecule has 3 aromatic carbocycles. The summed E-state index contributed by atoms with van der Waals surface area (Å²) in [6.45, 7) is 4.22. The Labute approximate surface area is 133 Å². The minimum Gasteiger partial charge on any atom is -0.320 e. The number of benzene rings is 3. The Hall–Kier alpha value is -1.64. The molecule has 1 unspecified atom stereocenters. The van der Waals surface area contributed by atoms with Crippen molar-refractivity contribution in [2.45, 2.75) is 19.9 Å². The van der Waals surface area contributed by atoms with Crippen molar-refractivity contribution in [3.8, 4) is 0 Å². The predicted octanol–water partition coefficient (Wildman–Crippen LogP) is 5.27. The molecule has 0 aliphatic rings. The lowest BCUT2D eigenvalue weighted by molar-refractivity contribution is 0.869. The van der Waals surface area contributed by atoms with E-state index in [9.17, 15) is 0 Å². The first kappa shape index (κ1) is 14.3. The largest absolute Gasteiger partial charge is 0.320 e. The third-order valence-electron chi connectivity index (χ3n) is 4.05. The molecular formula is C19H18BrN. The standard InChI is InChI=1S/C19H18BrN/c1-12-7-10-15(11-17(12)20)19(21)18-13(2)8-9-14-5-3-4-6-16(14)18/h3-11,19H,21H2,1-2H3. The van der Waals surface area contributed by atoms with Crippen LogP contribution in [0.2, 0.25) is 0 Å². The number of hydrogen-bond acceptors (Lipinski definition) is 1. The topological polar surface area (TPSA) is 26.0 Å². The summed E-state index contributed by atoms with van der Waals surface area (Å²) in [5.74, 6) is 0. The highest BCUT2D eigenvalue weighted by Gasteiger charge is 2.15. The summed E-state index contributed by atoms with van der Waals surface area (Å²) in [4.78, 5) is 0. The number of fused-ring (bicyclic) bond motifs is 1. The van der Waals surface area contributed by atoms with Crippen molar-refractivity contribution in [1.29, 1.82) is 0 Å². The van der Waals surface area contributed by atoms with Gasteiger partial charge in [-0.15, -0.1) is 0 Å². The maximum absolute atomic E-state index is 6.58. The van der Waals surface area contributed by atoms with Gasteiger partial charge in [0.15, 0.2) is 0 Å². The lowest BCUT2D eigenvalue weighted by atomic mass is 9.90. The molecule has 21 heavy (non-hydrogen) atoms. The second kappa shape index (κ2) is 5.63. The predicted molar refractivity (Wildman–Crippen MR) is 93.6 cm³/mol. The van der Waals surface area contributed by atoms with E-state index in [2.05, 4.69) is 84.4 Å². The van der Waals surface area contributed by atoms with E-state index in [0.29, 0.717) is 0 Å². The zero-order valence-electron chi connectivity index (χ0n) is 12.2. The van der Waals surface area contributed by atoms with E-state index in [-0.39, 0.29) is 6.04 Å². The van der Waals surface area contributed by atoms with Crippen LogP contribution < -0.4 is 5.73 Å². The quantitative estimate of drug-likeness (QED) is 0.676. The zero-order chi connectivity index (χ0) is 15.0. The summed E-state index contributed by atoms with van der Waals surface area (Å²) in [6, 6.07) is 19.0. The fourth-order valence-electron chi connectivity index (χ4n) is 2.79. The van der Waals surface area contributed by atoms with E-state index in [1.165, 1.54) is 27.5 Å². The first-order valence-corrected chi connectivity index (χ1v) is 7.87. The summed E-state index contributed by atoms with van der Waals surface area (Å²) in [5.41, 5.74) is 11.4. The van der Waals surface area contributed by atoms with Gasteiger partial charge in [-0.2, -0.15) is 0 Å². The van der Waals surface area contributed by atoms with Gasteiger partial charge < -0.3 is 5.73 Å². The Bertz CT molecular complexity index is 808. The molecule has 106 valence electrons. The zero-order valence-corrected chi connectivity index (χ0v) is 13.8. The fraction of sp³-hybridized carbons (Fsp3) is 0.158. The molecule has 0 aromatic heterocycles. The molecule has 0 fully saturated rings. The Morgan fingerprint density at radius 2 is 1.62 bits per heavy atom. The highest BCUT2D eigenvalue weighted by molar-refractivity contribution is 9.10. The van der Waals surface area contributed by atoms with Gasteiger partial charge in [-0.25, -0.2) is 0 Å². The molecule has 0 bridgehead atoms. The van der Waals surface area contributed by atoms with Gasteiger partial charge in [0.2, 0.25) is 0 Å². The molecule has 0 heterocycles. The summed E-state index contributed by atoms with van der Waals surface area (Å²) in [7, 11) is 0. The van der Waals surface area contributed by atoms with Crippen LogP contribution in [-0.2, 0) is 0 Å². The normalized spacial score (nSPS) is 12.6. The molecule has 0 amide bonds. The number of rotatable bonds is 2. The molecule has 1 nitrogen and oxygen atoms in total. The van der Waals surface area contributed by atoms with Crippen LogP contribution in [-0.4, -0.2) is 0 Å². The molecule has 0 saturated carbocycles. The average Bonchev–Trinajstić information content (AvgIpc) is 2.49. The summed E-state index contributed by atoms with van der Waals surface area (Å²) < 4.78 is 1.10. The van der Waals surface area contributed by atoms with Crippen molar-refractivity contribution in [2.24, 2.45) is 5.73 Å². The van der Waals surface area contributed by atoms with Gasteiger partial charge in [0, 0.05) is 4.47 Å². The van der Waals surface area contributed by atoms with E-state index in [4.69, 9.17) is 5.73 Å². The van der Waals surface area contributed by atoms with Gasteiger partial charge in [-0.3, -0.25) is 0 Å². The summed E-state index contributed by atoms with van der Waals surface area (Å²) in [6.07, 6.45) is 0. The van der Waals surface area contributed by atoms with Crippen LogP contribution in [0.4, 0.5) is 0 Å². The van der Waals surface area contributed by atoms with Gasteiger partial charge in [0.1, 0.15) is 0 Å². The van der Waals surface area contributed by atoms with Crippen LogP contribution in [0, 0.1) is 13.8 Å². The maximum atomic E-state index is 6.58. The van der Waals surface area contributed by atoms with Gasteiger partial charge in [0.05, 0.1) is 6.04 Å². The van der Waals surface area contributed by atoms with Gasteiger partial charge in [0.25, 0.3) is 0 Å². The van der Waals surface area contributed by atoms with E-state index in [1.54, 1.807) is 0 Å². The number of aryl methyl sites for hydroxylation is 2. The van der Waals surface area contributed by atoms with Crippen molar-refractivity contribution in [3.63, 3.8) is 0 Å². The first-order valence-electron chi connectivity index (χ1n) is 7.08. The highest BCUT2D eigenvalue weighted by atomic mass is 79.9. The molecular weight excluding hydrogens is 322 g/mol. The van der Waals surface area contributed by atoms with Crippen LogP contribution in [0.25, 0.3) is 10.8 Å². The highest BCUT2D eigenvalue weighted by Crippen LogP contribution is 2.31. The molecule has 0 spiro atoms. The molecule has 2 heteroatoms. The lowest BCUT2D eigenvalue weighted by Crippen LogP contribution is -2.14. The van der Waals surface area contributed by atoms with Crippen molar-refractivity contribution >= 4 is 26.7 Å². The third kappa shape index (κ3) is 2.61. The lowest BCUT2D eigenvalue weighted by Gasteiger charge is -2.19. The van der Waals surface area contributed by atoms with Crippen molar-refractivity contribution in [2.75, 3.05) is 0 Å². The molecule has 0 aliphatic carbocycles. The minimum atomic E-state index is -0.118. The second-order valence-corrected chi connectivity index (χ2v) is 6.36. The summed E-state index contributed by atoms with van der Waals surface area (Å²) >= 11 is 3.60. The van der Waals surface area contributed by atoms with Crippen LogP contribution in [0.5, 0.6) is 0 Å². The number of halogens is 1. The molecule has 3 aromatic rings. The monoisotopic (exact) mass is 339 g/mol. The number of nitrogens with two attached hydrogens (primary N) is 1. The third-order valence-corrected chi connectivity index (χ3v) is 4.91. The maximum Gasteiger partial charge on any atom is 0.0560 e. The van der Waals surface area contributed by atoms with Crippen molar-refractivity contribution in [3.05, 3.63) is 81.3 Å². The SMILES string of the molecule is Cc1ccc(C(N)c2c(C)ccc3ccccc23)cc1Br. The molecule has 2 N–H and O–H groups in total. The van der Waals surface area contributed by atoms with E-state index < -0.39 is 0 Å². The Morgan fingerprint density at radius 3 is 2.38 bits per heavy atom. The first-order chi connectivity index (χ1) is 10.1. The van der Waals surface area contributed by atoms with E-state index in [0.717, 1.165) is 10.0 Å². The van der Waals surface area contributed by atoms with Crippen LogP contribution in [0.15, 0.2) is 59.1 Å². The minimum absolute atomic E-state index is 0.118. The van der Waals surface area contributed by atoms with Crippen molar-refractivity contribution < 1.29 is 0 Å². The van der Waals surface area contributed by atoms with Crippen molar-refractivity contribution in [1.82, 2.24) is 0 Å². The molecule has 1 atom stereocenters. The van der Waals surface area contributed by atoms with Gasteiger partial charge in [-0.1, -0.05) is 64.5 Å². The number of hydrogen-bond donors (Lipinski definition) is 1. The fourth-order valence-corrected chi connectivity index (χ4v) is 3.18. The molecule has 0 aliphatic heterocycles. The molecule has 0 radical (unpaired) electrons. The Morgan fingerprint density at radius 1 is 0.905 bits per heavy atom. The Kier molecular flexibility index (Phi) is 3.83.